The van der Waals surface area contributed by atoms with E-state index in [9.17, 15) is 14.4 Å². The van der Waals surface area contributed by atoms with E-state index in [0.29, 0.717) is 17.1 Å². The first kappa shape index (κ1) is 16.0. The Labute approximate surface area is 159 Å². The van der Waals surface area contributed by atoms with Gasteiger partial charge in [-0.05, 0) is 29.3 Å². The van der Waals surface area contributed by atoms with Crippen molar-refractivity contribution in [2.45, 2.75) is 18.3 Å². The molecule has 6 heteroatoms. The van der Waals surface area contributed by atoms with Gasteiger partial charge in [0, 0.05) is 12.3 Å². The minimum atomic E-state index is -0.627. The number of carbonyl (C=O) groups is 3. The number of hydrogen-bond acceptors (Lipinski definition) is 3. The second kappa shape index (κ2) is 5.41. The highest BCUT2D eigenvalue weighted by atomic mass is 35.5. The molecule has 0 unspecified atom stereocenters. The Bertz CT molecular complexity index is 1000. The molecule has 6 rings (SSSR count). The van der Waals surface area contributed by atoms with Gasteiger partial charge in [0.05, 0.1) is 33.5 Å². The van der Waals surface area contributed by atoms with E-state index in [-0.39, 0.29) is 28.5 Å². The maximum atomic E-state index is 13.2. The molecular formula is C20H13Cl2NO3. The van der Waals surface area contributed by atoms with Crippen molar-refractivity contribution in [3.8, 4) is 0 Å². The van der Waals surface area contributed by atoms with Gasteiger partial charge in [0.2, 0.25) is 11.8 Å². The highest BCUT2D eigenvalue weighted by Crippen LogP contribution is 2.57. The van der Waals surface area contributed by atoms with Crippen molar-refractivity contribution in [1.82, 2.24) is 0 Å². The molecule has 4 aliphatic rings. The summed E-state index contributed by atoms with van der Waals surface area (Å²) in [6, 6.07) is 12.4. The second-order valence-corrected chi connectivity index (χ2v) is 7.86. The molecule has 0 N–H and O–H groups in total. The summed E-state index contributed by atoms with van der Waals surface area (Å²) in [5.74, 6) is -2.42. The zero-order chi connectivity index (χ0) is 18.2. The molecular weight excluding hydrogens is 373 g/mol. The predicted molar refractivity (Wildman–Crippen MR) is 97.5 cm³/mol. The molecule has 3 aliphatic carbocycles. The Morgan fingerprint density at radius 1 is 0.846 bits per heavy atom. The first-order chi connectivity index (χ1) is 12.5. The third-order valence-corrected chi connectivity index (χ3v) is 6.59. The molecule has 1 heterocycles. The van der Waals surface area contributed by atoms with Crippen LogP contribution in [0.15, 0.2) is 42.5 Å². The van der Waals surface area contributed by atoms with E-state index in [1.807, 2.05) is 24.3 Å². The number of Topliss-reactive ketones (excluding diaryl/α,β-unsaturated/α-hetero) is 1. The summed E-state index contributed by atoms with van der Waals surface area (Å²) in [5.41, 5.74) is 2.32. The van der Waals surface area contributed by atoms with Gasteiger partial charge in [0.1, 0.15) is 5.78 Å². The zero-order valence-corrected chi connectivity index (χ0v) is 15.0. The lowest BCUT2D eigenvalue weighted by molar-refractivity contribution is -0.134. The molecule has 0 spiro atoms. The summed E-state index contributed by atoms with van der Waals surface area (Å²) < 4.78 is 0. The van der Waals surface area contributed by atoms with Crippen molar-refractivity contribution in [3.05, 3.63) is 63.6 Å². The van der Waals surface area contributed by atoms with Crippen LogP contribution in [-0.4, -0.2) is 17.6 Å². The van der Waals surface area contributed by atoms with Crippen LogP contribution in [-0.2, 0) is 14.4 Å². The molecule has 0 radical (unpaired) electrons. The van der Waals surface area contributed by atoms with Crippen LogP contribution in [0, 0.1) is 11.8 Å². The number of benzene rings is 2. The normalized spacial score (nSPS) is 29.2. The zero-order valence-electron chi connectivity index (χ0n) is 13.5. The molecule has 2 aromatic rings. The van der Waals surface area contributed by atoms with Gasteiger partial charge in [-0.1, -0.05) is 47.5 Å². The SMILES string of the molecule is O=C1C[C@H]2c3ccccc3[C@H]1[C@@H]1C(=O)N(c3ccc(Cl)c(Cl)c3)C(=O)[C@@H]12. The van der Waals surface area contributed by atoms with E-state index >= 15 is 0 Å². The van der Waals surface area contributed by atoms with E-state index < -0.39 is 17.8 Å². The standard InChI is InChI=1S/C20H13Cl2NO3/c21-13-6-5-9(7-14(13)22)23-19(25)17-12-8-15(24)16(18(17)20(23)26)11-4-2-1-3-10(11)12/h1-7,12,16-18H,8H2/t12-,16+,17+,18-/m0/s1. The number of amides is 2. The molecule has 1 saturated heterocycles. The van der Waals surface area contributed by atoms with E-state index in [4.69, 9.17) is 23.2 Å². The highest BCUT2D eigenvalue weighted by Gasteiger charge is 2.62. The molecule has 2 fully saturated rings. The van der Waals surface area contributed by atoms with Crippen LogP contribution in [0.25, 0.3) is 0 Å². The van der Waals surface area contributed by atoms with Crippen molar-refractivity contribution < 1.29 is 14.4 Å². The van der Waals surface area contributed by atoms with Gasteiger partial charge in [0.25, 0.3) is 0 Å². The smallest absolute Gasteiger partial charge is 0.238 e. The van der Waals surface area contributed by atoms with Gasteiger partial charge in [-0.15, -0.1) is 0 Å². The Morgan fingerprint density at radius 3 is 2.27 bits per heavy atom. The second-order valence-electron chi connectivity index (χ2n) is 7.05. The molecule has 4 atom stereocenters. The summed E-state index contributed by atoms with van der Waals surface area (Å²) in [6.07, 6.45) is 0.317. The fourth-order valence-corrected chi connectivity index (χ4v) is 5.13. The van der Waals surface area contributed by atoms with Crippen LogP contribution in [0.5, 0.6) is 0 Å². The highest BCUT2D eigenvalue weighted by molar-refractivity contribution is 6.42. The average molecular weight is 386 g/mol. The van der Waals surface area contributed by atoms with Crippen molar-refractivity contribution in [1.29, 1.82) is 0 Å². The molecule has 1 saturated carbocycles. The summed E-state index contributed by atoms with van der Waals surface area (Å²) in [6.45, 7) is 0. The van der Waals surface area contributed by atoms with Gasteiger partial charge < -0.3 is 0 Å². The van der Waals surface area contributed by atoms with E-state index in [0.717, 1.165) is 11.1 Å². The van der Waals surface area contributed by atoms with Crippen LogP contribution in [0.3, 0.4) is 0 Å². The number of carbonyl (C=O) groups excluding carboxylic acids is 3. The van der Waals surface area contributed by atoms with Crippen LogP contribution in [0.2, 0.25) is 10.0 Å². The third-order valence-electron chi connectivity index (χ3n) is 5.85. The number of imide groups is 1. The molecule has 2 amide bonds. The monoisotopic (exact) mass is 385 g/mol. The number of nitrogens with zero attached hydrogens (tertiary/aromatic N) is 1. The molecule has 0 aromatic heterocycles. The molecule has 130 valence electrons. The van der Waals surface area contributed by atoms with Crippen molar-refractivity contribution >= 4 is 46.5 Å². The summed E-state index contributed by atoms with van der Waals surface area (Å²) in [5, 5.41) is 0.636. The lowest BCUT2D eigenvalue weighted by atomic mass is 9.56. The Kier molecular flexibility index (Phi) is 3.34. The maximum absolute atomic E-state index is 13.2. The van der Waals surface area contributed by atoms with Gasteiger partial charge in [-0.25, -0.2) is 4.90 Å². The number of ketones is 1. The molecule has 2 bridgehead atoms. The fourth-order valence-electron chi connectivity index (χ4n) is 4.84. The third kappa shape index (κ3) is 1.94. The van der Waals surface area contributed by atoms with Gasteiger partial charge in [-0.2, -0.15) is 0 Å². The fraction of sp³-hybridized carbons (Fsp3) is 0.250. The average Bonchev–Trinajstić information content (AvgIpc) is 2.90. The van der Waals surface area contributed by atoms with Gasteiger partial charge in [0.15, 0.2) is 0 Å². The first-order valence-corrected chi connectivity index (χ1v) is 9.19. The lowest BCUT2D eigenvalue weighted by Crippen LogP contribution is -2.44. The Hall–Kier alpha value is -2.17. The van der Waals surface area contributed by atoms with Crippen molar-refractivity contribution in [3.63, 3.8) is 0 Å². The minimum absolute atomic E-state index is 0.0482. The minimum Gasteiger partial charge on any atom is -0.299 e. The number of halogens is 2. The van der Waals surface area contributed by atoms with E-state index in [1.54, 1.807) is 12.1 Å². The molecule has 1 aliphatic heterocycles. The van der Waals surface area contributed by atoms with E-state index in [2.05, 4.69) is 0 Å². The van der Waals surface area contributed by atoms with Crippen LogP contribution < -0.4 is 4.90 Å². The number of fused-ring (bicyclic) bond motifs is 1. The quantitative estimate of drug-likeness (QED) is 0.698. The van der Waals surface area contributed by atoms with E-state index in [1.165, 1.54) is 11.0 Å². The first-order valence-electron chi connectivity index (χ1n) is 8.43. The number of rotatable bonds is 1. The topological polar surface area (TPSA) is 54.5 Å². The molecule has 2 aromatic carbocycles. The largest absolute Gasteiger partial charge is 0.299 e. The summed E-state index contributed by atoms with van der Waals surface area (Å²) in [7, 11) is 0. The van der Waals surface area contributed by atoms with Crippen molar-refractivity contribution in [2.24, 2.45) is 11.8 Å². The van der Waals surface area contributed by atoms with Gasteiger partial charge >= 0.3 is 0 Å². The Morgan fingerprint density at radius 2 is 1.54 bits per heavy atom. The van der Waals surface area contributed by atoms with Crippen LogP contribution in [0.4, 0.5) is 5.69 Å². The number of hydrogen-bond donors (Lipinski definition) is 0. The van der Waals surface area contributed by atoms with Crippen molar-refractivity contribution in [2.75, 3.05) is 4.90 Å². The number of anilines is 1. The van der Waals surface area contributed by atoms with Crippen LogP contribution in [0.1, 0.15) is 29.4 Å². The molecule has 26 heavy (non-hydrogen) atoms. The molecule has 4 nitrogen and oxygen atoms in total. The van der Waals surface area contributed by atoms with Crippen LogP contribution >= 0.6 is 23.2 Å². The maximum Gasteiger partial charge on any atom is 0.238 e. The Balaban J connectivity index is 1.65. The summed E-state index contributed by atoms with van der Waals surface area (Å²) >= 11 is 12.0. The lowest BCUT2D eigenvalue weighted by Gasteiger charge is -2.43. The summed E-state index contributed by atoms with van der Waals surface area (Å²) in [4.78, 5) is 40.2. The van der Waals surface area contributed by atoms with Gasteiger partial charge in [-0.3, -0.25) is 14.4 Å². The predicted octanol–water partition coefficient (Wildman–Crippen LogP) is 3.95.